The summed E-state index contributed by atoms with van der Waals surface area (Å²) in [5, 5.41) is 13.6. The van der Waals surface area contributed by atoms with E-state index in [1.807, 2.05) is 0 Å². The van der Waals surface area contributed by atoms with Gasteiger partial charge in [-0.25, -0.2) is 14.4 Å². The number of nitrogens with zero attached hydrogens (tertiary/aromatic N) is 2. The summed E-state index contributed by atoms with van der Waals surface area (Å²) in [6.45, 7) is 1.79. The molecule has 4 rings (SSSR count). The molecule has 9 heteroatoms. The van der Waals surface area contributed by atoms with Gasteiger partial charge in [-0.3, -0.25) is 4.79 Å². The van der Waals surface area contributed by atoms with Gasteiger partial charge in [-0.2, -0.15) is 0 Å². The molecular weight excluding hydrogens is 383 g/mol. The number of ether oxygens (including phenoxy) is 1. The Bertz CT molecular complexity index is 1060. The van der Waals surface area contributed by atoms with Crippen LogP contribution in [-0.2, 0) is 0 Å². The van der Waals surface area contributed by atoms with Gasteiger partial charge in [0.1, 0.15) is 34.6 Å². The highest BCUT2D eigenvalue weighted by Gasteiger charge is 2.25. The molecule has 0 radical (unpaired) electrons. The van der Waals surface area contributed by atoms with E-state index in [1.165, 1.54) is 29.8 Å². The lowest BCUT2D eigenvalue weighted by atomic mass is 10.2. The number of fused-ring (bicyclic) bond motifs is 1. The maximum Gasteiger partial charge on any atom is 0.259 e. The lowest BCUT2D eigenvalue weighted by Gasteiger charge is -2.18. The number of rotatable bonds is 5. The fourth-order valence-corrected chi connectivity index (χ4v) is 4.43. The minimum Gasteiger partial charge on any atom is -0.488 e. The van der Waals surface area contributed by atoms with Crippen LogP contribution in [0.25, 0.3) is 10.2 Å². The van der Waals surface area contributed by atoms with E-state index in [0.29, 0.717) is 57.2 Å². The summed E-state index contributed by atoms with van der Waals surface area (Å²) in [5.74, 6) is -0.116. The molecule has 1 aromatic carbocycles. The molecule has 0 unspecified atom stereocenters. The number of carbonyl (C=O) groups is 1. The van der Waals surface area contributed by atoms with Gasteiger partial charge in [0.05, 0.1) is 22.1 Å². The average Bonchev–Trinajstić information content (AvgIpc) is 3.21. The van der Waals surface area contributed by atoms with Gasteiger partial charge >= 0.3 is 0 Å². The second kappa shape index (κ2) is 7.33. The van der Waals surface area contributed by atoms with Crippen LogP contribution in [0.4, 0.5) is 15.9 Å². The third-order valence-electron chi connectivity index (χ3n) is 4.80. The van der Waals surface area contributed by atoms with Crippen molar-refractivity contribution in [3.05, 3.63) is 40.8 Å². The molecule has 1 amide bonds. The predicted molar refractivity (Wildman–Crippen MR) is 105 cm³/mol. The molecule has 1 aliphatic rings. The summed E-state index contributed by atoms with van der Waals surface area (Å²) in [5.41, 5.74) is 6.67. The van der Waals surface area contributed by atoms with E-state index < -0.39 is 17.8 Å². The monoisotopic (exact) mass is 402 g/mol. The van der Waals surface area contributed by atoms with Crippen molar-refractivity contribution in [2.75, 3.05) is 5.32 Å². The molecule has 0 aliphatic heterocycles. The van der Waals surface area contributed by atoms with Crippen molar-refractivity contribution in [1.82, 2.24) is 9.97 Å². The molecule has 28 heavy (non-hydrogen) atoms. The molecule has 2 heterocycles. The van der Waals surface area contributed by atoms with Gasteiger partial charge in [0, 0.05) is 12.5 Å². The fourth-order valence-electron chi connectivity index (χ4n) is 3.43. The molecule has 0 bridgehead atoms. The Morgan fingerprint density at radius 3 is 2.93 bits per heavy atom. The lowest BCUT2D eigenvalue weighted by Crippen LogP contribution is -2.14. The number of carbonyl (C=O) groups excluding carboxylic acids is 1. The van der Waals surface area contributed by atoms with Crippen molar-refractivity contribution in [2.45, 2.75) is 38.4 Å². The van der Waals surface area contributed by atoms with Crippen molar-refractivity contribution in [3.63, 3.8) is 0 Å². The zero-order valence-electron chi connectivity index (χ0n) is 15.1. The number of amides is 1. The highest BCUT2D eigenvalue weighted by atomic mass is 32.1. The number of aliphatic hydroxyl groups excluding tert-OH is 1. The number of benzene rings is 1. The van der Waals surface area contributed by atoms with E-state index in [2.05, 4.69) is 15.3 Å². The van der Waals surface area contributed by atoms with Crippen molar-refractivity contribution in [2.24, 2.45) is 5.73 Å². The van der Waals surface area contributed by atoms with Gasteiger partial charge in [-0.1, -0.05) is 0 Å². The number of halogens is 1. The zero-order chi connectivity index (χ0) is 19.8. The molecule has 1 fully saturated rings. The van der Waals surface area contributed by atoms with E-state index in [-0.39, 0.29) is 6.10 Å². The number of anilines is 2. The van der Waals surface area contributed by atoms with E-state index in [1.54, 1.807) is 13.0 Å². The number of hydrogen-bond donors (Lipinski definition) is 3. The molecule has 146 valence electrons. The number of aryl methyl sites for hydroxylation is 1. The first-order valence-electron chi connectivity index (χ1n) is 8.87. The molecule has 1 aliphatic carbocycles. The number of nitrogens with two attached hydrogens (primary N) is 1. The first-order chi connectivity index (χ1) is 13.4. The number of primary amides is 1. The second-order valence-electron chi connectivity index (χ2n) is 6.80. The van der Waals surface area contributed by atoms with E-state index in [4.69, 9.17) is 10.5 Å². The topological polar surface area (TPSA) is 110 Å². The van der Waals surface area contributed by atoms with E-state index in [9.17, 15) is 14.3 Å². The Morgan fingerprint density at radius 1 is 1.39 bits per heavy atom. The quantitative estimate of drug-likeness (QED) is 0.604. The summed E-state index contributed by atoms with van der Waals surface area (Å²) in [7, 11) is 0. The standard InChI is InChI=1S/C19H19FN4O3S/c1-9-15-18(22-8-23-19(15)28-16(9)17(21)26)24-13-5-2-10(20)6-14(13)27-12-4-3-11(25)7-12/h2,5-6,8,11-12,25H,3-4,7H2,1H3,(H2,21,26)(H,22,23,24)/t11-,12-/m0/s1. The van der Waals surface area contributed by atoms with Crippen LogP contribution in [0.2, 0.25) is 0 Å². The van der Waals surface area contributed by atoms with E-state index in [0.717, 1.165) is 0 Å². The van der Waals surface area contributed by atoms with Gasteiger partial charge in [-0.15, -0.1) is 11.3 Å². The number of aromatic nitrogens is 2. The summed E-state index contributed by atoms with van der Waals surface area (Å²) < 4.78 is 19.8. The number of hydrogen-bond acceptors (Lipinski definition) is 7. The zero-order valence-corrected chi connectivity index (χ0v) is 15.9. The molecular formula is C19H19FN4O3S. The molecule has 2 aromatic heterocycles. The van der Waals surface area contributed by atoms with Crippen LogP contribution in [-0.4, -0.2) is 33.2 Å². The third kappa shape index (κ3) is 3.50. The maximum atomic E-state index is 13.8. The van der Waals surface area contributed by atoms with Crippen LogP contribution < -0.4 is 15.8 Å². The van der Waals surface area contributed by atoms with Crippen LogP contribution in [0.5, 0.6) is 5.75 Å². The minimum absolute atomic E-state index is 0.174. The Kier molecular flexibility index (Phi) is 4.86. The molecule has 1 saturated carbocycles. The summed E-state index contributed by atoms with van der Waals surface area (Å²) in [6, 6.07) is 4.20. The van der Waals surface area contributed by atoms with Crippen LogP contribution in [0, 0.1) is 12.7 Å². The maximum absolute atomic E-state index is 13.8. The van der Waals surface area contributed by atoms with Crippen molar-refractivity contribution >= 4 is 39.0 Å². The minimum atomic E-state index is -0.517. The lowest BCUT2D eigenvalue weighted by molar-refractivity contribution is 0.100. The van der Waals surface area contributed by atoms with Crippen LogP contribution in [0.3, 0.4) is 0 Å². The van der Waals surface area contributed by atoms with Crippen molar-refractivity contribution < 1.29 is 19.0 Å². The fraction of sp³-hybridized carbons (Fsp3) is 0.316. The summed E-state index contributed by atoms with van der Waals surface area (Å²) in [6.07, 6.45) is 2.71. The average molecular weight is 402 g/mol. The van der Waals surface area contributed by atoms with Crippen LogP contribution in [0.1, 0.15) is 34.5 Å². The Morgan fingerprint density at radius 2 is 2.21 bits per heavy atom. The number of nitrogens with one attached hydrogen (secondary N) is 1. The third-order valence-corrected chi connectivity index (χ3v) is 6.01. The number of aliphatic hydroxyl groups is 1. The Hall–Kier alpha value is -2.78. The molecule has 0 saturated heterocycles. The Labute approximate surface area is 164 Å². The van der Waals surface area contributed by atoms with E-state index >= 15 is 0 Å². The Balaban J connectivity index is 1.70. The molecule has 7 nitrogen and oxygen atoms in total. The second-order valence-corrected chi connectivity index (χ2v) is 7.79. The van der Waals surface area contributed by atoms with Gasteiger partial charge < -0.3 is 20.9 Å². The summed E-state index contributed by atoms with van der Waals surface area (Å²) >= 11 is 1.21. The summed E-state index contributed by atoms with van der Waals surface area (Å²) in [4.78, 5) is 21.2. The van der Waals surface area contributed by atoms with Crippen molar-refractivity contribution in [3.8, 4) is 5.75 Å². The molecule has 4 N–H and O–H groups in total. The normalized spacial score (nSPS) is 19.1. The highest BCUT2D eigenvalue weighted by Crippen LogP contribution is 2.37. The van der Waals surface area contributed by atoms with Gasteiger partial charge in [-0.05, 0) is 37.5 Å². The largest absolute Gasteiger partial charge is 0.488 e. The first kappa shape index (κ1) is 18.6. The number of thiophene rings is 1. The smallest absolute Gasteiger partial charge is 0.259 e. The molecule has 2 atom stereocenters. The highest BCUT2D eigenvalue weighted by molar-refractivity contribution is 7.20. The van der Waals surface area contributed by atoms with Gasteiger partial charge in [0.15, 0.2) is 0 Å². The first-order valence-corrected chi connectivity index (χ1v) is 9.69. The SMILES string of the molecule is Cc1c(C(N)=O)sc2ncnc(Nc3ccc(F)cc3O[C@H]3CC[C@H](O)C3)c12. The predicted octanol–water partition coefficient (Wildman–Crippen LogP) is 3.27. The molecule has 0 spiro atoms. The van der Waals surface area contributed by atoms with Crippen molar-refractivity contribution in [1.29, 1.82) is 0 Å². The van der Waals surface area contributed by atoms with Gasteiger partial charge in [0.25, 0.3) is 5.91 Å². The van der Waals surface area contributed by atoms with Crippen LogP contribution >= 0.6 is 11.3 Å². The van der Waals surface area contributed by atoms with Crippen LogP contribution in [0.15, 0.2) is 24.5 Å². The molecule has 3 aromatic rings. The van der Waals surface area contributed by atoms with Gasteiger partial charge in [0.2, 0.25) is 0 Å².